The molecule has 0 atom stereocenters. The van der Waals surface area contributed by atoms with Gasteiger partial charge in [-0.15, -0.1) is 6.58 Å². The van der Waals surface area contributed by atoms with Gasteiger partial charge >= 0.3 is 0 Å². The van der Waals surface area contributed by atoms with E-state index in [1.165, 1.54) is 31.7 Å². The molecule has 0 amide bonds. The molecule has 0 aliphatic carbocycles. The van der Waals surface area contributed by atoms with Crippen molar-refractivity contribution in [3.63, 3.8) is 0 Å². The van der Waals surface area contributed by atoms with E-state index in [-0.39, 0.29) is 5.82 Å². The highest BCUT2D eigenvalue weighted by Gasteiger charge is 2.03. The molecule has 0 unspecified atom stereocenters. The van der Waals surface area contributed by atoms with Crippen LogP contribution in [0.4, 0.5) is 4.39 Å². The van der Waals surface area contributed by atoms with Crippen LogP contribution in [0.3, 0.4) is 0 Å². The van der Waals surface area contributed by atoms with E-state index in [0.29, 0.717) is 12.4 Å². The number of hydrogen-bond donors (Lipinski definition) is 0. The molecule has 1 nitrogen and oxygen atoms in total. The van der Waals surface area contributed by atoms with Gasteiger partial charge in [0.1, 0.15) is 0 Å². The quantitative estimate of drug-likeness (QED) is 0.384. The van der Waals surface area contributed by atoms with Crippen LogP contribution in [0.2, 0.25) is 0 Å². The molecule has 1 rings (SSSR count). The second kappa shape index (κ2) is 10.0. The van der Waals surface area contributed by atoms with Crippen LogP contribution in [-0.4, -0.2) is 6.61 Å². The van der Waals surface area contributed by atoms with Crippen molar-refractivity contribution in [3.8, 4) is 5.75 Å². The van der Waals surface area contributed by atoms with Gasteiger partial charge in [0.15, 0.2) is 11.6 Å². The van der Waals surface area contributed by atoms with Crippen molar-refractivity contribution in [1.82, 2.24) is 0 Å². The number of halogens is 2. The normalized spacial score (nSPS) is 10.4. The summed E-state index contributed by atoms with van der Waals surface area (Å²) in [6, 6.07) is 4.88. The second-order valence-corrected chi connectivity index (χ2v) is 5.54. The van der Waals surface area contributed by atoms with Crippen LogP contribution in [-0.2, 0) is 0 Å². The third kappa shape index (κ3) is 7.36. The summed E-state index contributed by atoms with van der Waals surface area (Å²) in [5, 5.41) is 0. The highest BCUT2D eigenvalue weighted by molar-refractivity contribution is 9.10. The number of hydrogen-bond acceptors (Lipinski definition) is 1. The SMILES string of the molecule is C=CCCCCCCCCOc1ccc(Br)cc1F. The van der Waals surface area contributed by atoms with E-state index in [1.807, 2.05) is 6.08 Å². The number of ether oxygens (including phenoxy) is 1. The lowest BCUT2D eigenvalue weighted by Crippen LogP contribution is -1.99. The first-order valence-electron chi connectivity index (χ1n) is 6.93. The molecule has 0 N–H and O–H groups in total. The zero-order chi connectivity index (χ0) is 13.9. The number of benzene rings is 1. The fourth-order valence-electron chi connectivity index (χ4n) is 1.87. The smallest absolute Gasteiger partial charge is 0.166 e. The molecule has 0 bridgehead atoms. The minimum Gasteiger partial charge on any atom is -0.491 e. The van der Waals surface area contributed by atoms with Gasteiger partial charge < -0.3 is 4.74 Å². The highest BCUT2D eigenvalue weighted by Crippen LogP contribution is 2.21. The molecular weight excluding hydrogens is 307 g/mol. The van der Waals surface area contributed by atoms with Crippen LogP contribution >= 0.6 is 15.9 Å². The Morgan fingerprint density at radius 2 is 1.79 bits per heavy atom. The van der Waals surface area contributed by atoms with Gasteiger partial charge in [-0.25, -0.2) is 4.39 Å². The van der Waals surface area contributed by atoms with Crippen molar-refractivity contribution < 1.29 is 9.13 Å². The molecule has 0 aliphatic rings. The van der Waals surface area contributed by atoms with Crippen LogP contribution in [0, 0.1) is 5.82 Å². The second-order valence-electron chi connectivity index (χ2n) is 4.62. The van der Waals surface area contributed by atoms with Crippen molar-refractivity contribution in [1.29, 1.82) is 0 Å². The Morgan fingerprint density at radius 3 is 2.47 bits per heavy atom. The van der Waals surface area contributed by atoms with Gasteiger partial charge in [0.05, 0.1) is 6.61 Å². The Kier molecular flexibility index (Phi) is 8.55. The molecule has 1 aromatic rings. The third-order valence-corrected chi connectivity index (χ3v) is 3.45. The lowest BCUT2D eigenvalue weighted by Gasteiger charge is -2.07. The maximum atomic E-state index is 13.4. The third-order valence-electron chi connectivity index (χ3n) is 2.95. The maximum absolute atomic E-state index is 13.4. The number of allylic oxidation sites excluding steroid dienone is 1. The molecule has 0 aromatic heterocycles. The summed E-state index contributed by atoms with van der Waals surface area (Å²) in [7, 11) is 0. The Labute approximate surface area is 124 Å². The lowest BCUT2D eigenvalue weighted by molar-refractivity contribution is 0.290. The molecule has 106 valence electrons. The maximum Gasteiger partial charge on any atom is 0.166 e. The molecule has 0 aliphatic heterocycles. The largest absolute Gasteiger partial charge is 0.491 e. The van der Waals surface area contributed by atoms with Crippen LogP contribution in [0.15, 0.2) is 35.3 Å². The summed E-state index contributed by atoms with van der Waals surface area (Å²) in [5.74, 6) is 0.0352. The fourth-order valence-corrected chi connectivity index (χ4v) is 2.21. The highest BCUT2D eigenvalue weighted by atomic mass is 79.9. The molecule has 0 radical (unpaired) electrons. The first kappa shape index (κ1) is 16.2. The summed E-state index contributed by atoms with van der Waals surface area (Å²) < 4.78 is 19.6. The molecule has 3 heteroatoms. The molecule has 0 saturated carbocycles. The van der Waals surface area contributed by atoms with E-state index < -0.39 is 0 Å². The monoisotopic (exact) mass is 328 g/mol. The molecular formula is C16H22BrFO. The van der Waals surface area contributed by atoms with Gasteiger partial charge in [-0.3, -0.25) is 0 Å². The minimum absolute atomic E-state index is 0.307. The van der Waals surface area contributed by atoms with Gasteiger partial charge in [0, 0.05) is 4.47 Å². The van der Waals surface area contributed by atoms with Crippen LogP contribution in [0.5, 0.6) is 5.75 Å². The Bertz CT molecular complexity index is 379. The van der Waals surface area contributed by atoms with Crippen molar-refractivity contribution in [3.05, 3.63) is 41.1 Å². The Hall–Kier alpha value is -0.830. The zero-order valence-electron chi connectivity index (χ0n) is 11.3. The van der Waals surface area contributed by atoms with Gasteiger partial charge in [0.2, 0.25) is 0 Å². The Morgan fingerprint density at radius 1 is 1.11 bits per heavy atom. The van der Waals surface area contributed by atoms with Crippen molar-refractivity contribution >= 4 is 15.9 Å². The van der Waals surface area contributed by atoms with E-state index in [9.17, 15) is 4.39 Å². The Balaban J connectivity index is 2.03. The van der Waals surface area contributed by atoms with Gasteiger partial charge in [-0.1, -0.05) is 47.7 Å². The van der Waals surface area contributed by atoms with Crippen molar-refractivity contribution in [2.75, 3.05) is 6.61 Å². The predicted molar refractivity (Wildman–Crippen MR) is 82.1 cm³/mol. The molecule has 19 heavy (non-hydrogen) atoms. The zero-order valence-corrected chi connectivity index (χ0v) is 12.9. The van der Waals surface area contributed by atoms with Crippen molar-refractivity contribution in [2.45, 2.75) is 44.9 Å². The minimum atomic E-state index is -0.307. The van der Waals surface area contributed by atoms with E-state index in [0.717, 1.165) is 23.7 Å². The number of unbranched alkanes of at least 4 members (excludes halogenated alkanes) is 6. The van der Waals surface area contributed by atoms with E-state index in [2.05, 4.69) is 22.5 Å². The summed E-state index contributed by atoms with van der Waals surface area (Å²) >= 11 is 3.22. The van der Waals surface area contributed by atoms with Gasteiger partial charge in [-0.05, 0) is 37.5 Å². The predicted octanol–water partition coefficient (Wildman–Crippen LogP) is 5.88. The molecule has 1 aromatic carbocycles. The molecule has 0 saturated heterocycles. The molecule has 0 heterocycles. The fraction of sp³-hybridized carbons (Fsp3) is 0.500. The first-order valence-corrected chi connectivity index (χ1v) is 7.72. The summed E-state index contributed by atoms with van der Waals surface area (Å²) in [4.78, 5) is 0. The number of rotatable bonds is 10. The van der Waals surface area contributed by atoms with Crippen molar-refractivity contribution in [2.24, 2.45) is 0 Å². The van der Waals surface area contributed by atoms with Gasteiger partial charge in [0.25, 0.3) is 0 Å². The van der Waals surface area contributed by atoms with E-state index >= 15 is 0 Å². The van der Waals surface area contributed by atoms with Crippen LogP contribution < -0.4 is 4.74 Å². The topological polar surface area (TPSA) is 9.23 Å². The lowest BCUT2D eigenvalue weighted by atomic mass is 10.1. The molecule has 0 fully saturated rings. The van der Waals surface area contributed by atoms with Crippen LogP contribution in [0.1, 0.15) is 44.9 Å². The summed E-state index contributed by atoms with van der Waals surface area (Å²) in [6.07, 6.45) is 10.2. The standard InChI is InChI=1S/C16H22BrFO/c1-2-3-4-5-6-7-8-9-12-19-16-11-10-14(17)13-15(16)18/h2,10-11,13H,1,3-9,12H2. The van der Waals surface area contributed by atoms with E-state index in [4.69, 9.17) is 4.74 Å². The van der Waals surface area contributed by atoms with Gasteiger partial charge in [-0.2, -0.15) is 0 Å². The summed E-state index contributed by atoms with van der Waals surface area (Å²) in [5.41, 5.74) is 0. The average molecular weight is 329 g/mol. The van der Waals surface area contributed by atoms with Crippen LogP contribution in [0.25, 0.3) is 0 Å². The molecule has 0 spiro atoms. The van der Waals surface area contributed by atoms with E-state index in [1.54, 1.807) is 12.1 Å². The first-order chi connectivity index (χ1) is 9.24. The summed E-state index contributed by atoms with van der Waals surface area (Å²) in [6.45, 7) is 4.30. The average Bonchev–Trinajstić information content (AvgIpc) is 2.39.